The summed E-state index contributed by atoms with van der Waals surface area (Å²) in [4.78, 5) is 27.5. The van der Waals surface area contributed by atoms with Gasteiger partial charge in [-0.3, -0.25) is 9.59 Å². The van der Waals surface area contributed by atoms with Crippen molar-refractivity contribution in [3.63, 3.8) is 0 Å². The van der Waals surface area contributed by atoms with Crippen LogP contribution in [0.2, 0.25) is 0 Å². The topological polar surface area (TPSA) is 40.6 Å². The summed E-state index contributed by atoms with van der Waals surface area (Å²) in [5, 5.41) is 0. The lowest BCUT2D eigenvalue weighted by molar-refractivity contribution is -0.135. The Balaban J connectivity index is 3.85. The normalized spacial score (nSPS) is 10.9. The lowest BCUT2D eigenvalue weighted by Crippen LogP contribution is -2.40. The molecular formula is C25H50N2O2. The van der Waals surface area contributed by atoms with Gasteiger partial charge in [0.1, 0.15) is 0 Å². The molecule has 0 aliphatic rings. The van der Waals surface area contributed by atoms with Crippen LogP contribution in [0.15, 0.2) is 0 Å². The zero-order valence-electron chi connectivity index (χ0n) is 19.9. The predicted molar refractivity (Wildman–Crippen MR) is 125 cm³/mol. The monoisotopic (exact) mass is 410 g/mol. The van der Waals surface area contributed by atoms with Crippen molar-refractivity contribution in [1.29, 1.82) is 0 Å². The molecule has 0 fully saturated rings. The van der Waals surface area contributed by atoms with E-state index >= 15 is 0 Å². The van der Waals surface area contributed by atoms with E-state index in [9.17, 15) is 9.59 Å². The van der Waals surface area contributed by atoms with Crippen molar-refractivity contribution in [3.8, 4) is 0 Å². The van der Waals surface area contributed by atoms with E-state index in [1.165, 1.54) is 83.5 Å². The first kappa shape index (κ1) is 27.9. The van der Waals surface area contributed by atoms with Crippen LogP contribution in [0.3, 0.4) is 0 Å². The zero-order valence-corrected chi connectivity index (χ0v) is 19.9. The summed E-state index contributed by atoms with van der Waals surface area (Å²) >= 11 is 0. The highest BCUT2D eigenvalue weighted by molar-refractivity contribution is 5.80. The van der Waals surface area contributed by atoms with Crippen LogP contribution < -0.4 is 0 Å². The van der Waals surface area contributed by atoms with Crippen molar-refractivity contribution in [2.45, 2.75) is 124 Å². The molecule has 0 aliphatic carbocycles. The Morgan fingerprint density at radius 3 is 1.45 bits per heavy atom. The molecule has 0 atom stereocenters. The van der Waals surface area contributed by atoms with Crippen molar-refractivity contribution in [2.24, 2.45) is 0 Å². The van der Waals surface area contributed by atoms with Gasteiger partial charge < -0.3 is 9.80 Å². The van der Waals surface area contributed by atoms with E-state index in [0.717, 1.165) is 38.8 Å². The molecule has 0 saturated heterocycles. The van der Waals surface area contributed by atoms with Gasteiger partial charge in [0.15, 0.2) is 0 Å². The summed E-state index contributed by atoms with van der Waals surface area (Å²) in [5.41, 5.74) is 0. The van der Waals surface area contributed by atoms with Crippen molar-refractivity contribution in [2.75, 3.05) is 26.2 Å². The molecular weight excluding hydrogens is 360 g/mol. The van der Waals surface area contributed by atoms with Crippen LogP contribution in [-0.4, -0.2) is 48.3 Å². The number of likely N-dealkylation sites (N-methyl/N-ethyl adjacent to an activating group) is 1. The number of carbonyl (C=O) groups is 2. The Morgan fingerprint density at radius 1 is 0.621 bits per heavy atom. The molecule has 0 aromatic carbocycles. The zero-order chi connectivity index (χ0) is 21.6. The van der Waals surface area contributed by atoms with Gasteiger partial charge in [0, 0.05) is 19.6 Å². The van der Waals surface area contributed by atoms with Crippen LogP contribution in [0.25, 0.3) is 0 Å². The van der Waals surface area contributed by atoms with Crippen LogP contribution in [0.1, 0.15) is 124 Å². The van der Waals surface area contributed by atoms with E-state index in [-0.39, 0.29) is 12.5 Å². The second-order valence-corrected chi connectivity index (χ2v) is 8.50. The molecule has 4 nitrogen and oxygen atoms in total. The highest BCUT2D eigenvalue weighted by Gasteiger charge is 2.14. The quantitative estimate of drug-likeness (QED) is 0.149. The lowest BCUT2D eigenvalue weighted by Gasteiger charge is -2.24. The van der Waals surface area contributed by atoms with Crippen molar-refractivity contribution >= 4 is 12.3 Å². The molecule has 0 aromatic heterocycles. The van der Waals surface area contributed by atoms with E-state index < -0.39 is 0 Å². The van der Waals surface area contributed by atoms with E-state index in [2.05, 4.69) is 13.8 Å². The third-order valence-electron chi connectivity index (χ3n) is 5.80. The van der Waals surface area contributed by atoms with Gasteiger partial charge in [0.05, 0.1) is 6.54 Å². The first-order valence-corrected chi connectivity index (χ1v) is 12.7. The maximum Gasteiger partial charge on any atom is 0.242 e. The number of carbonyl (C=O) groups excluding carboxylic acids is 2. The molecule has 0 radical (unpaired) electrons. The Morgan fingerprint density at radius 2 is 1.03 bits per heavy atom. The maximum absolute atomic E-state index is 12.5. The third-order valence-corrected chi connectivity index (χ3v) is 5.80. The molecule has 0 bridgehead atoms. The first-order valence-electron chi connectivity index (χ1n) is 12.7. The van der Waals surface area contributed by atoms with E-state index in [0.29, 0.717) is 6.54 Å². The number of unbranched alkanes of at least 4 members (excludes halogenated alkanes) is 14. The highest BCUT2D eigenvalue weighted by Crippen LogP contribution is 2.10. The van der Waals surface area contributed by atoms with Crippen LogP contribution in [0.4, 0.5) is 0 Å². The third kappa shape index (κ3) is 17.5. The summed E-state index contributed by atoms with van der Waals surface area (Å²) in [6, 6.07) is 0. The van der Waals surface area contributed by atoms with Gasteiger partial charge in [-0.05, 0) is 19.8 Å². The molecule has 0 N–H and O–H groups in total. The summed E-state index contributed by atoms with van der Waals surface area (Å²) in [6.07, 6.45) is 21.1. The van der Waals surface area contributed by atoms with Crippen LogP contribution >= 0.6 is 0 Å². The van der Waals surface area contributed by atoms with Crippen molar-refractivity contribution in [3.05, 3.63) is 0 Å². The fourth-order valence-corrected chi connectivity index (χ4v) is 3.79. The number of hydrogen-bond donors (Lipinski definition) is 0. The summed E-state index contributed by atoms with van der Waals surface area (Å²) in [6.45, 7) is 9.04. The smallest absolute Gasteiger partial charge is 0.242 e. The fraction of sp³-hybridized carbons (Fsp3) is 0.920. The molecule has 0 heterocycles. The SMILES string of the molecule is CCCCCCCCCCN(C=O)CC(=O)N(CC)CCCCCCCCCC. The second kappa shape index (κ2) is 21.6. The van der Waals surface area contributed by atoms with E-state index in [1.807, 2.05) is 11.8 Å². The molecule has 172 valence electrons. The minimum atomic E-state index is 0.0992. The minimum Gasteiger partial charge on any atom is -0.341 e. The Hall–Kier alpha value is -1.06. The second-order valence-electron chi connectivity index (χ2n) is 8.50. The largest absolute Gasteiger partial charge is 0.341 e. The van der Waals surface area contributed by atoms with E-state index in [4.69, 9.17) is 0 Å². The Bertz CT molecular complexity index is 374. The maximum atomic E-state index is 12.5. The molecule has 0 aliphatic heterocycles. The molecule has 0 spiro atoms. The molecule has 0 rings (SSSR count). The fourth-order valence-electron chi connectivity index (χ4n) is 3.79. The van der Waals surface area contributed by atoms with Crippen molar-refractivity contribution in [1.82, 2.24) is 9.80 Å². The van der Waals surface area contributed by atoms with Gasteiger partial charge in [-0.2, -0.15) is 0 Å². The Labute approximate surface area is 181 Å². The van der Waals surface area contributed by atoms with Crippen LogP contribution in [0.5, 0.6) is 0 Å². The summed E-state index contributed by atoms with van der Waals surface area (Å²) < 4.78 is 0. The number of rotatable bonds is 22. The van der Waals surface area contributed by atoms with Crippen LogP contribution in [-0.2, 0) is 9.59 Å². The average molecular weight is 411 g/mol. The number of hydrogen-bond acceptors (Lipinski definition) is 2. The van der Waals surface area contributed by atoms with Gasteiger partial charge >= 0.3 is 0 Å². The molecule has 4 heteroatoms. The average Bonchev–Trinajstić information content (AvgIpc) is 2.73. The molecule has 29 heavy (non-hydrogen) atoms. The highest BCUT2D eigenvalue weighted by atomic mass is 16.2. The number of nitrogens with zero attached hydrogens (tertiary/aromatic N) is 2. The summed E-state index contributed by atoms with van der Waals surface area (Å²) in [7, 11) is 0. The van der Waals surface area contributed by atoms with Gasteiger partial charge in [0.25, 0.3) is 0 Å². The minimum absolute atomic E-state index is 0.0992. The predicted octanol–water partition coefficient (Wildman–Crippen LogP) is 6.57. The summed E-state index contributed by atoms with van der Waals surface area (Å²) in [5.74, 6) is 0.0992. The van der Waals surface area contributed by atoms with E-state index in [1.54, 1.807) is 4.90 Å². The van der Waals surface area contributed by atoms with Gasteiger partial charge in [0.2, 0.25) is 12.3 Å². The standard InChI is InChI=1S/C25H50N2O2/c1-4-7-9-11-13-15-17-19-21-26(24-28)23-25(29)27(6-3)22-20-18-16-14-12-10-8-5-2/h24H,4-23H2,1-3H3. The molecule has 0 unspecified atom stereocenters. The molecule has 0 saturated carbocycles. The van der Waals surface area contributed by atoms with Gasteiger partial charge in [-0.15, -0.1) is 0 Å². The molecule has 0 aromatic rings. The molecule has 2 amide bonds. The number of amides is 2. The van der Waals surface area contributed by atoms with Crippen LogP contribution in [0, 0.1) is 0 Å². The van der Waals surface area contributed by atoms with Gasteiger partial charge in [-0.1, -0.05) is 104 Å². The Kier molecular flexibility index (Phi) is 20.9. The van der Waals surface area contributed by atoms with Crippen molar-refractivity contribution < 1.29 is 9.59 Å². The van der Waals surface area contributed by atoms with Gasteiger partial charge in [-0.25, -0.2) is 0 Å². The first-order chi connectivity index (χ1) is 14.2. The lowest BCUT2D eigenvalue weighted by atomic mass is 10.1.